The molecule has 0 aliphatic carbocycles. The molecule has 0 radical (unpaired) electrons. The Morgan fingerprint density at radius 1 is 1.04 bits per heavy atom. The Hall–Kier alpha value is -2.21. The molecular formula is C21H26BrNO4. The Morgan fingerprint density at radius 2 is 1.63 bits per heavy atom. The molecule has 0 aliphatic heterocycles. The minimum Gasteiger partial charge on any atom is -0.493 e. The zero-order valence-electron chi connectivity index (χ0n) is 16.2. The minimum absolute atomic E-state index is 0.00513. The lowest BCUT2D eigenvalue weighted by atomic mass is 10.0. The summed E-state index contributed by atoms with van der Waals surface area (Å²) in [6.45, 7) is 2.06. The number of methoxy groups -OCH3 is 3. The second kappa shape index (κ2) is 10.2. The fraction of sp³-hybridized carbons (Fsp3) is 0.381. The topological polar surface area (TPSA) is 56.8 Å². The number of hydrogen-bond donors (Lipinski definition) is 1. The number of aryl methyl sites for hydroxylation is 1. The normalized spacial score (nSPS) is 11.6. The fourth-order valence-corrected chi connectivity index (χ4v) is 3.18. The standard InChI is InChI=1S/C21H26BrNO4/c1-5-17(15-7-9-16(22)10-8-15)23-20(24)11-6-14-12-18(25-2)21(27-4)19(13-14)26-3/h7-10,12-13,17H,5-6,11H2,1-4H3,(H,23,24). The molecule has 1 N–H and O–H groups in total. The highest BCUT2D eigenvalue weighted by molar-refractivity contribution is 9.10. The lowest BCUT2D eigenvalue weighted by molar-refractivity contribution is -0.121. The van der Waals surface area contributed by atoms with Crippen LogP contribution in [0.25, 0.3) is 0 Å². The summed E-state index contributed by atoms with van der Waals surface area (Å²) >= 11 is 3.43. The molecule has 5 nitrogen and oxygen atoms in total. The van der Waals surface area contributed by atoms with E-state index < -0.39 is 0 Å². The summed E-state index contributed by atoms with van der Waals surface area (Å²) < 4.78 is 17.1. The molecule has 0 fully saturated rings. The molecule has 146 valence electrons. The molecule has 1 atom stereocenters. The number of nitrogens with one attached hydrogen (secondary N) is 1. The predicted octanol–water partition coefficient (Wildman–Crippen LogP) is 4.68. The van der Waals surface area contributed by atoms with E-state index in [0.717, 1.165) is 22.0 Å². The molecule has 2 aromatic rings. The van der Waals surface area contributed by atoms with Crippen molar-refractivity contribution < 1.29 is 19.0 Å². The van der Waals surface area contributed by atoms with E-state index >= 15 is 0 Å². The van der Waals surface area contributed by atoms with Crippen molar-refractivity contribution in [2.45, 2.75) is 32.2 Å². The summed E-state index contributed by atoms with van der Waals surface area (Å²) in [5, 5.41) is 3.11. The molecule has 0 aromatic heterocycles. The van der Waals surface area contributed by atoms with Crippen LogP contribution >= 0.6 is 15.9 Å². The van der Waals surface area contributed by atoms with Crippen LogP contribution in [-0.4, -0.2) is 27.2 Å². The van der Waals surface area contributed by atoms with Crippen molar-refractivity contribution in [2.75, 3.05) is 21.3 Å². The zero-order chi connectivity index (χ0) is 19.8. The van der Waals surface area contributed by atoms with Gasteiger partial charge in [0.1, 0.15) is 0 Å². The van der Waals surface area contributed by atoms with Crippen molar-refractivity contribution in [2.24, 2.45) is 0 Å². The van der Waals surface area contributed by atoms with Gasteiger partial charge in [0, 0.05) is 10.9 Å². The zero-order valence-corrected chi connectivity index (χ0v) is 17.8. The molecular weight excluding hydrogens is 410 g/mol. The largest absolute Gasteiger partial charge is 0.493 e. The van der Waals surface area contributed by atoms with Gasteiger partial charge < -0.3 is 19.5 Å². The second-order valence-electron chi connectivity index (χ2n) is 6.11. The van der Waals surface area contributed by atoms with Gasteiger partial charge in [-0.05, 0) is 48.2 Å². The van der Waals surface area contributed by atoms with E-state index in [1.54, 1.807) is 21.3 Å². The van der Waals surface area contributed by atoms with Crippen LogP contribution in [0.1, 0.15) is 36.9 Å². The van der Waals surface area contributed by atoms with E-state index in [2.05, 4.69) is 28.2 Å². The van der Waals surface area contributed by atoms with E-state index in [1.807, 2.05) is 36.4 Å². The van der Waals surface area contributed by atoms with Crippen LogP contribution in [-0.2, 0) is 11.2 Å². The van der Waals surface area contributed by atoms with Crippen molar-refractivity contribution in [3.05, 3.63) is 52.0 Å². The highest BCUT2D eigenvalue weighted by atomic mass is 79.9. The Labute approximate surface area is 169 Å². The number of ether oxygens (including phenoxy) is 3. The second-order valence-corrected chi connectivity index (χ2v) is 7.03. The number of carbonyl (C=O) groups excluding carboxylic acids is 1. The number of carbonyl (C=O) groups is 1. The third-order valence-corrected chi connectivity index (χ3v) is 4.91. The van der Waals surface area contributed by atoms with Crippen molar-refractivity contribution >= 4 is 21.8 Å². The molecule has 0 aliphatic rings. The molecule has 1 unspecified atom stereocenters. The Balaban J connectivity index is 2.03. The number of hydrogen-bond acceptors (Lipinski definition) is 4. The van der Waals surface area contributed by atoms with Gasteiger partial charge >= 0.3 is 0 Å². The first-order valence-electron chi connectivity index (χ1n) is 8.86. The SMILES string of the molecule is CCC(NC(=O)CCc1cc(OC)c(OC)c(OC)c1)c1ccc(Br)cc1. The highest BCUT2D eigenvalue weighted by Crippen LogP contribution is 2.38. The fourth-order valence-electron chi connectivity index (χ4n) is 2.92. The summed E-state index contributed by atoms with van der Waals surface area (Å²) in [5.74, 6) is 1.75. The summed E-state index contributed by atoms with van der Waals surface area (Å²) in [6, 6.07) is 11.8. The molecule has 2 aromatic carbocycles. The van der Waals surface area contributed by atoms with Crippen molar-refractivity contribution in [1.82, 2.24) is 5.32 Å². The molecule has 0 saturated carbocycles. The molecule has 6 heteroatoms. The summed E-state index contributed by atoms with van der Waals surface area (Å²) in [6.07, 6.45) is 1.79. The first-order chi connectivity index (χ1) is 13.0. The molecule has 0 saturated heterocycles. The first-order valence-corrected chi connectivity index (χ1v) is 9.65. The Kier molecular flexibility index (Phi) is 7.98. The van der Waals surface area contributed by atoms with Gasteiger partial charge in [0.05, 0.1) is 27.4 Å². The van der Waals surface area contributed by atoms with Gasteiger partial charge in [0.15, 0.2) is 11.5 Å². The molecule has 0 spiro atoms. The number of benzene rings is 2. The van der Waals surface area contributed by atoms with E-state index in [-0.39, 0.29) is 11.9 Å². The van der Waals surface area contributed by atoms with Crippen LogP contribution in [0.4, 0.5) is 0 Å². The van der Waals surface area contributed by atoms with E-state index in [9.17, 15) is 4.79 Å². The van der Waals surface area contributed by atoms with E-state index in [4.69, 9.17) is 14.2 Å². The number of amides is 1. The summed E-state index contributed by atoms with van der Waals surface area (Å²) in [5.41, 5.74) is 2.05. The first kappa shape index (κ1) is 21.1. The summed E-state index contributed by atoms with van der Waals surface area (Å²) in [4.78, 5) is 12.5. The van der Waals surface area contributed by atoms with Gasteiger partial charge in [-0.15, -0.1) is 0 Å². The quantitative estimate of drug-likeness (QED) is 0.621. The van der Waals surface area contributed by atoms with Crippen LogP contribution in [0.2, 0.25) is 0 Å². The minimum atomic E-state index is 0.00513. The lowest BCUT2D eigenvalue weighted by Gasteiger charge is -2.18. The third kappa shape index (κ3) is 5.63. The Bertz CT molecular complexity index is 736. The maximum absolute atomic E-state index is 12.5. The average molecular weight is 436 g/mol. The Morgan fingerprint density at radius 3 is 2.11 bits per heavy atom. The number of rotatable bonds is 9. The molecule has 2 rings (SSSR count). The molecule has 0 heterocycles. The van der Waals surface area contributed by atoms with Crippen LogP contribution in [0.15, 0.2) is 40.9 Å². The summed E-state index contributed by atoms with van der Waals surface area (Å²) in [7, 11) is 4.73. The smallest absolute Gasteiger partial charge is 0.220 e. The van der Waals surface area contributed by atoms with E-state index in [0.29, 0.717) is 30.1 Å². The average Bonchev–Trinajstić information content (AvgIpc) is 2.70. The van der Waals surface area contributed by atoms with Gasteiger partial charge in [0.2, 0.25) is 11.7 Å². The maximum atomic E-state index is 12.5. The van der Waals surface area contributed by atoms with Gasteiger partial charge in [-0.1, -0.05) is 35.0 Å². The predicted molar refractivity (Wildman–Crippen MR) is 110 cm³/mol. The van der Waals surface area contributed by atoms with Crippen molar-refractivity contribution in [1.29, 1.82) is 0 Å². The van der Waals surface area contributed by atoms with Gasteiger partial charge in [-0.25, -0.2) is 0 Å². The van der Waals surface area contributed by atoms with Crippen LogP contribution in [0, 0.1) is 0 Å². The van der Waals surface area contributed by atoms with Gasteiger partial charge in [-0.3, -0.25) is 4.79 Å². The third-order valence-electron chi connectivity index (χ3n) is 4.38. The van der Waals surface area contributed by atoms with Crippen molar-refractivity contribution in [3.8, 4) is 17.2 Å². The van der Waals surface area contributed by atoms with Crippen LogP contribution in [0.5, 0.6) is 17.2 Å². The van der Waals surface area contributed by atoms with E-state index in [1.165, 1.54) is 0 Å². The number of halogens is 1. The molecule has 27 heavy (non-hydrogen) atoms. The van der Waals surface area contributed by atoms with Gasteiger partial charge in [-0.2, -0.15) is 0 Å². The molecule has 1 amide bonds. The van der Waals surface area contributed by atoms with Crippen LogP contribution < -0.4 is 19.5 Å². The lowest BCUT2D eigenvalue weighted by Crippen LogP contribution is -2.28. The van der Waals surface area contributed by atoms with Crippen molar-refractivity contribution in [3.63, 3.8) is 0 Å². The van der Waals surface area contributed by atoms with Gasteiger partial charge in [0.25, 0.3) is 0 Å². The van der Waals surface area contributed by atoms with Crippen LogP contribution in [0.3, 0.4) is 0 Å². The monoisotopic (exact) mass is 435 g/mol. The highest BCUT2D eigenvalue weighted by Gasteiger charge is 2.16. The molecule has 0 bridgehead atoms. The maximum Gasteiger partial charge on any atom is 0.220 e.